The number of halogens is 1. The molecule has 0 aliphatic carbocycles. The molecular weight excluding hydrogens is 482 g/mol. The van der Waals surface area contributed by atoms with Crippen molar-refractivity contribution in [1.29, 1.82) is 0 Å². The normalized spacial score (nSPS) is 14.3. The molecule has 0 bridgehead atoms. The summed E-state index contributed by atoms with van der Waals surface area (Å²) in [6.45, 7) is 3.46. The van der Waals surface area contributed by atoms with Gasteiger partial charge in [0.05, 0.1) is 37.8 Å². The second kappa shape index (κ2) is 9.45. The van der Waals surface area contributed by atoms with Crippen LogP contribution in [0, 0.1) is 5.41 Å². The molecule has 1 aliphatic rings. The first kappa shape index (κ1) is 21.9. The average molecular weight is 502 g/mol. The molecular formula is C21H20BrN5O5. The number of carbonyl (C=O) groups excluding carboxylic acids is 2. The van der Waals surface area contributed by atoms with Gasteiger partial charge in [0, 0.05) is 16.0 Å². The summed E-state index contributed by atoms with van der Waals surface area (Å²) in [4.78, 5) is 28.4. The highest BCUT2D eigenvalue weighted by Gasteiger charge is 2.34. The van der Waals surface area contributed by atoms with Crippen molar-refractivity contribution in [3.05, 3.63) is 59.0 Å². The van der Waals surface area contributed by atoms with Crippen molar-refractivity contribution < 1.29 is 23.8 Å². The number of esters is 1. The van der Waals surface area contributed by atoms with Crippen LogP contribution in [0.5, 0.6) is 11.6 Å². The predicted molar refractivity (Wildman–Crippen MR) is 116 cm³/mol. The Morgan fingerprint density at radius 2 is 2.00 bits per heavy atom. The number of hydrogen-bond acceptors (Lipinski definition) is 8. The maximum absolute atomic E-state index is 12.1. The lowest BCUT2D eigenvalue weighted by molar-refractivity contribution is -0.119. The first-order valence-corrected chi connectivity index (χ1v) is 10.5. The fourth-order valence-electron chi connectivity index (χ4n) is 2.94. The van der Waals surface area contributed by atoms with Crippen LogP contribution >= 0.6 is 15.9 Å². The van der Waals surface area contributed by atoms with Crippen LogP contribution in [0.1, 0.15) is 17.4 Å². The van der Waals surface area contributed by atoms with Gasteiger partial charge in [-0.15, -0.1) is 5.10 Å². The maximum Gasteiger partial charge on any atom is 0.361 e. The van der Waals surface area contributed by atoms with Crippen LogP contribution in [-0.4, -0.2) is 51.7 Å². The molecule has 0 radical (unpaired) electrons. The van der Waals surface area contributed by atoms with Gasteiger partial charge < -0.3 is 19.5 Å². The lowest BCUT2D eigenvalue weighted by Crippen LogP contribution is -2.43. The molecule has 10 nitrogen and oxygen atoms in total. The molecule has 0 unspecified atom stereocenters. The second-order valence-electron chi connectivity index (χ2n) is 7.67. The number of nitrogens with one attached hydrogen (secondary N) is 1. The van der Waals surface area contributed by atoms with Gasteiger partial charge in [-0.05, 0) is 30.3 Å². The monoisotopic (exact) mass is 501 g/mol. The van der Waals surface area contributed by atoms with E-state index in [1.54, 1.807) is 28.9 Å². The number of benzene rings is 1. The smallest absolute Gasteiger partial charge is 0.361 e. The van der Waals surface area contributed by atoms with Crippen molar-refractivity contribution in [3.63, 3.8) is 0 Å². The number of carbonyl (C=O) groups is 2. The Morgan fingerprint density at radius 1 is 1.22 bits per heavy atom. The molecule has 2 aromatic heterocycles. The first-order chi connectivity index (χ1) is 15.4. The second-order valence-corrected chi connectivity index (χ2v) is 8.59. The molecule has 0 atom stereocenters. The Bertz CT molecular complexity index is 1100. The van der Waals surface area contributed by atoms with Gasteiger partial charge in [0.15, 0.2) is 12.3 Å². The van der Waals surface area contributed by atoms with Crippen LogP contribution in [0.15, 0.2) is 53.3 Å². The minimum atomic E-state index is -0.724. The highest BCUT2D eigenvalue weighted by Crippen LogP contribution is 2.28. The number of ether oxygens (including phenoxy) is 3. The standard InChI is InChI=1S/C21H20BrN5O5/c1-21(12-30-13-21)11-27-9-17(25-26-27)20(29)31-10-18(28)24-15-4-7-19(23-8-15)32-16-5-2-14(22)3-6-16/h2-9H,10-13H2,1H3,(H,24,28). The number of aromatic nitrogens is 4. The number of rotatable bonds is 8. The molecule has 1 aliphatic heterocycles. The Kier molecular flexibility index (Phi) is 6.47. The molecule has 166 valence electrons. The lowest BCUT2D eigenvalue weighted by Gasteiger charge is -2.37. The molecule has 1 saturated heterocycles. The zero-order valence-electron chi connectivity index (χ0n) is 17.2. The largest absolute Gasteiger partial charge is 0.451 e. The molecule has 1 aromatic carbocycles. The van der Waals surface area contributed by atoms with Crippen LogP contribution < -0.4 is 10.1 Å². The molecule has 1 N–H and O–H groups in total. The van der Waals surface area contributed by atoms with Gasteiger partial charge in [-0.3, -0.25) is 9.48 Å². The minimum absolute atomic E-state index is 0.0123. The summed E-state index contributed by atoms with van der Waals surface area (Å²) in [6.07, 6.45) is 2.95. The summed E-state index contributed by atoms with van der Waals surface area (Å²) in [5.74, 6) is -0.218. The van der Waals surface area contributed by atoms with Crippen molar-refractivity contribution in [2.75, 3.05) is 25.1 Å². The maximum atomic E-state index is 12.1. The van der Waals surface area contributed by atoms with Gasteiger partial charge in [0.25, 0.3) is 5.91 Å². The van der Waals surface area contributed by atoms with Gasteiger partial charge >= 0.3 is 5.97 Å². The van der Waals surface area contributed by atoms with E-state index in [4.69, 9.17) is 14.2 Å². The number of nitrogens with zero attached hydrogens (tertiary/aromatic N) is 4. The third-order valence-corrected chi connectivity index (χ3v) is 5.11. The van der Waals surface area contributed by atoms with Crippen molar-refractivity contribution in [3.8, 4) is 11.6 Å². The van der Waals surface area contributed by atoms with E-state index in [1.807, 2.05) is 12.1 Å². The zero-order chi connectivity index (χ0) is 22.6. The van der Waals surface area contributed by atoms with Crippen molar-refractivity contribution in [2.24, 2.45) is 5.41 Å². The molecule has 3 aromatic rings. The summed E-state index contributed by atoms with van der Waals surface area (Å²) >= 11 is 3.36. The first-order valence-electron chi connectivity index (χ1n) is 9.73. The van der Waals surface area contributed by atoms with E-state index in [-0.39, 0.29) is 11.1 Å². The van der Waals surface area contributed by atoms with Crippen LogP contribution in [0.25, 0.3) is 0 Å². The summed E-state index contributed by atoms with van der Waals surface area (Å²) < 4.78 is 18.4. The van der Waals surface area contributed by atoms with Crippen LogP contribution in [0.4, 0.5) is 5.69 Å². The highest BCUT2D eigenvalue weighted by molar-refractivity contribution is 9.10. The van der Waals surface area contributed by atoms with E-state index in [1.165, 1.54) is 12.4 Å². The van der Waals surface area contributed by atoms with E-state index >= 15 is 0 Å². The number of amides is 1. The molecule has 32 heavy (non-hydrogen) atoms. The van der Waals surface area contributed by atoms with Crippen LogP contribution in [-0.2, 0) is 20.8 Å². The lowest BCUT2D eigenvalue weighted by atomic mass is 9.89. The summed E-state index contributed by atoms with van der Waals surface area (Å²) in [6, 6.07) is 10.6. The highest BCUT2D eigenvalue weighted by atomic mass is 79.9. The Morgan fingerprint density at radius 3 is 2.66 bits per heavy atom. The van der Waals surface area contributed by atoms with Crippen molar-refractivity contribution in [1.82, 2.24) is 20.0 Å². The van der Waals surface area contributed by atoms with Gasteiger partial charge in [0.1, 0.15) is 5.75 Å². The van der Waals surface area contributed by atoms with Gasteiger partial charge in [0.2, 0.25) is 5.88 Å². The van der Waals surface area contributed by atoms with Crippen LogP contribution in [0.3, 0.4) is 0 Å². The SMILES string of the molecule is CC1(Cn2cc(C(=O)OCC(=O)Nc3ccc(Oc4ccc(Br)cc4)nc3)nn2)COC1. The van der Waals surface area contributed by atoms with Crippen molar-refractivity contribution >= 4 is 33.5 Å². The van der Waals surface area contributed by atoms with Crippen molar-refractivity contribution in [2.45, 2.75) is 13.5 Å². The number of pyridine rings is 1. The molecule has 1 fully saturated rings. The van der Waals surface area contributed by atoms with E-state index < -0.39 is 18.5 Å². The van der Waals surface area contributed by atoms with E-state index in [9.17, 15) is 9.59 Å². The quantitative estimate of drug-likeness (QED) is 0.467. The molecule has 4 rings (SSSR count). The summed E-state index contributed by atoms with van der Waals surface area (Å²) in [7, 11) is 0. The van der Waals surface area contributed by atoms with E-state index in [0.717, 1.165) is 4.47 Å². The predicted octanol–water partition coefficient (Wildman–Crippen LogP) is 3.06. The average Bonchev–Trinajstić information content (AvgIpc) is 3.22. The zero-order valence-corrected chi connectivity index (χ0v) is 18.7. The van der Waals surface area contributed by atoms with Crippen LogP contribution in [0.2, 0.25) is 0 Å². The number of hydrogen-bond donors (Lipinski definition) is 1. The third-order valence-electron chi connectivity index (χ3n) is 4.58. The molecule has 0 spiro atoms. The van der Waals surface area contributed by atoms with E-state index in [2.05, 4.69) is 43.5 Å². The summed E-state index contributed by atoms with van der Waals surface area (Å²) in [5.41, 5.74) is 0.468. The summed E-state index contributed by atoms with van der Waals surface area (Å²) in [5, 5.41) is 10.3. The fraction of sp³-hybridized carbons (Fsp3) is 0.286. The molecule has 1 amide bonds. The Balaban J connectivity index is 1.23. The third kappa shape index (κ3) is 5.68. The molecule has 0 saturated carbocycles. The van der Waals surface area contributed by atoms with Gasteiger partial charge in [-0.2, -0.15) is 0 Å². The number of anilines is 1. The van der Waals surface area contributed by atoms with Gasteiger partial charge in [-0.25, -0.2) is 9.78 Å². The molecule has 3 heterocycles. The molecule has 11 heteroatoms. The van der Waals surface area contributed by atoms with E-state index in [0.29, 0.717) is 37.1 Å². The fourth-order valence-corrected chi connectivity index (χ4v) is 3.21. The minimum Gasteiger partial charge on any atom is -0.451 e. The Labute approximate surface area is 192 Å². The van der Waals surface area contributed by atoms with Gasteiger partial charge in [-0.1, -0.05) is 28.1 Å². The topological polar surface area (TPSA) is 117 Å². The Hall–Kier alpha value is -3.31.